The van der Waals surface area contributed by atoms with Gasteiger partial charge in [-0.05, 0) is 57.6 Å². The van der Waals surface area contributed by atoms with E-state index in [1.54, 1.807) is 0 Å². The van der Waals surface area contributed by atoms with Gasteiger partial charge in [-0.2, -0.15) is 18.3 Å². The van der Waals surface area contributed by atoms with E-state index in [1.807, 2.05) is 25.1 Å². The summed E-state index contributed by atoms with van der Waals surface area (Å²) in [5.74, 6) is 0. The van der Waals surface area contributed by atoms with Crippen molar-refractivity contribution in [3.63, 3.8) is 0 Å². The number of aromatic amines is 1. The molecule has 30 heavy (non-hydrogen) atoms. The molecule has 0 aliphatic carbocycles. The zero-order valence-electron chi connectivity index (χ0n) is 17.2. The average Bonchev–Trinajstić information content (AvgIpc) is 3.21. The number of rotatable bonds is 5. The first-order valence-electron chi connectivity index (χ1n) is 10.2. The molecular formula is C23H26F3N3O. The van der Waals surface area contributed by atoms with Crippen LogP contribution in [0.4, 0.5) is 13.2 Å². The number of nitrogens with one attached hydrogen (secondary N) is 1. The number of ether oxygens (including phenoxy) is 1. The highest BCUT2D eigenvalue weighted by molar-refractivity contribution is 5.82. The van der Waals surface area contributed by atoms with E-state index in [0.717, 1.165) is 32.0 Å². The van der Waals surface area contributed by atoms with E-state index in [1.165, 1.54) is 17.8 Å². The van der Waals surface area contributed by atoms with Gasteiger partial charge in [-0.25, -0.2) is 0 Å². The van der Waals surface area contributed by atoms with Crippen molar-refractivity contribution in [3.05, 3.63) is 65.4 Å². The van der Waals surface area contributed by atoms with E-state index in [-0.39, 0.29) is 5.41 Å². The number of halogens is 3. The normalized spacial score (nSPS) is 18.6. The molecule has 2 aromatic carbocycles. The summed E-state index contributed by atoms with van der Waals surface area (Å²) in [4.78, 5) is 2.30. The summed E-state index contributed by atoms with van der Waals surface area (Å²) in [7, 11) is 2.11. The number of fused-ring (bicyclic) bond motifs is 1. The smallest absolute Gasteiger partial charge is 0.373 e. The third-order valence-electron chi connectivity index (χ3n) is 6.28. The van der Waals surface area contributed by atoms with Crippen LogP contribution in [0.2, 0.25) is 0 Å². The number of nitrogens with zero attached hydrogens (tertiary/aromatic N) is 2. The summed E-state index contributed by atoms with van der Waals surface area (Å²) in [5, 5.41) is 7.20. The second kappa shape index (κ2) is 8.04. The number of hydrogen-bond donors (Lipinski definition) is 1. The van der Waals surface area contributed by atoms with Crippen LogP contribution in [0.1, 0.15) is 42.6 Å². The molecule has 4 nitrogen and oxygen atoms in total. The van der Waals surface area contributed by atoms with Crippen LogP contribution in [0, 0.1) is 0 Å². The number of hydrogen-bond acceptors (Lipinski definition) is 3. The molecule has 0 bridgehead atoms. The van der Waals surface area contributed by atoms with Gasteiger partial charge in [0.25, 0.3) is 0 Å². The molecule has 1 N–H and O–H groups in total. The molecule has 1 fully saturated rings. The molecule has 1 aliphatic rings. The average molecular weight is 417 g/mol. The van der Waals surface area contributed by atoms with Crippen molar-refractivity contribution < 1.29 is 17.9 Å². The Labute approximate surface area is 174 Å². The standard InChI is InChI=1S/C23H26F3N3O/c1-16(20-13-19(23(24,25)26)12-17-14-27-28-21(17)20)30-15-22(8-10-29(2)11-9-22)18-6-4-3-5-7-18/h3-7,12-14,16H,8-11,15H2,1-2H3,(H,27,28). The van der Waals surface area contributed by atoms with Crippen molar-refractivity contribution in [2.24, 2.45) is 0 Å². The van der Waals surface area contributed by atoms with Crippen LogP contribution in [0.15, 0.2) is 48.7 Å². The monoisotopic (exact) mass is 417 g/mol. The van der Waals surface area contributed by atoms with Crippen LogP contribution >= 0.6 is 0 Å². The van der Waals surface area contributed by atoms with Crippen molar-refractivity contribution >= 4 is 10.9 Å². The molecule has 4 rings (SSSR count). The minimum atomic E-state index is -4.42. The summed E-state index contributed by atoms with van der Waals surface area (Å²) in [5.41, 5.74) is 1.47. The van der Waals surface area contributed by atoms with Gasteiger partial charge in [-0.15, -0.1) is 0 Å². The molecule has 3 aromatic rings. The lowest BCUT2D eigenvalue weighted by Crippen LogP contribution is -2.44. The lowest BCUT2D eigenvalue weighted by molar-refractivity contribution is -0.137. The third-order valence-corrected chi connectivity index (χ3v) is 6.28. The van der Waals surface area contributed by atoms with Gasteiger partial charge >= 0.3 is 6.18 Å². The lowest BCUT2D eigenvalue weighted by Gasteiger charge is -2.41. The Morgan fingerprint density at radius 1 is 1.17 bits per heavy atom. The van der Waals surface area contributed by atoms with E-state index in [2.05, 4.69) is 34.3 Å². The van der Waals surface area contributed by atoms with Crippen molar-refractivity contribution in [1.29, 1.82) is 0 Å². The van der Waals surface area contributed by atoms with Gasteiger partial charge in [0.05, 0.1) is 30.0 Å². The fraction of sp³-hybridized carbons (Fsp3) is 0.435. The summed E-state index contributed by atoms with van der Waals surface area (Å²) in [6.45, 7) is 4.18. The van der Waals surface area contributed by atoms with Crippen LogP contribution in [-0.2, 0) is 16.3 Å². The first kappa shape index (κ1) is 20.9. The quantitative estimate of drug-likeness (QED) is 0.611. The van der Waals surface area contributed by atoms with E-state index < -0.39 is 17.8 Å². The first-order valence-corrected chi connectivity index (χ1v) is 10.2. The third kappa shape index (κ3) is 4.09. The molecule has 1 aliphatic heterocycles. The van der Waals surface area contributed by atoms with Crippen LogP contribution in [0.25, 0.3) is 10.9 Å². The number of piperidine rings is 1. The molecule has 0 saturated carbocycles. The maximum atomic E-state index is 13.4. The molecule has 1 unspecified atom stereocenters. The summed E-state index contributed by atoms with van der Waals surface area (Å²) >= 11 is 0. The number of benzene rings is 2. The van der Waals surface area contributed by atoms with Crippen molar-refractivity contribution in [3.8, 4) is 0 Å². The fourth-order valence-corrected chi connectivity index (χ4v) is 4.30. The molecule has 1 aromatic heterocycles. The van der Waals surface area contributed by atoms with Gasteiger partial charge in [0, 0.05) is 16.4 Å². The number of aromatic nitrogens is 2. The Bertz CT molecular complexity index is 992. The second-order valence-corrected chi connectivity index (χ2v) is 8.30. The van der Waals surface area contributed by atoms with Gasteiger partial charge in [-0.3, -0.25) is 5.10 Å². The predicted octanol–water partition coefficient (Wildman–Crippen LogP) is 5.32. The number of H-pyrrole nitrogens is 1. The summed E-state index contributed by atoms with van der Waals surface area (Å²) in [6.07, 6.45) is -1.61. The SMILES string of the molecule is CC(OCC1(c2ccccc2)CCN(C)CC1)c1cc(C(F)(F)F)cc2cn[nH]c12. The highest BCUT2D eigenvalue weighted by Gasteiger charge is 2.37. The van der Waals surface area contributed by atoms with Crippen molar-refractivity contribution in [2.75, 3.05) is 26.7 Å². The van der Waals surface area contributed by atoms with E-state index >= 15 is 0 Å². The van der Waals surface area contributed by atoms with Crippen molar-refractivity contribution in [1.82, 2.24) is 15.1 Å². The van der Waals surface area contributed by atoms with Gasteiger partial charge in [-0.1, -0.05) is 30.3 Å². The molecule has 0 amide bonds. The highest BCUT2D eigenvalue weighted by Crippen LogP contribution is 2.39. The Morgan fingerprint density at radius 2 is 1.87 bits per heavy atom. The Hall–Kier alpha value is -2.38. The van der Waals surface area contributed by atoms with Gasteiger partial charge in [0.2, 0.25) is 0 Å². The maximum Gasteiger partial charge on any atom is 0.416 e. The molecule has 1 atom stereocenters. The predicted molar refractivity (Wildman–Crippen MR) is 110 cm³/mol. The van der Waals surface area contributed by atoms with E-state index in [4.69, 9.17) is 4.74 Å². The van der Waals surface area contributed by atoms with Gasteiger partial charge in [0.15, 0.2) is 0 Å². The van der Waals surface area contributed by atoms with Crippen LogP contribution < -0.4 is 0 Å². The number of likely N-dealkylation sites (tertiary alicyclic amines) is 1. The van der Waals surface area contributed by atoms with Crippen molar-refractivity contribution in [2.45, 2.75) is 37.5 Å². The lowest BCUT2D eigenvalue weighted by atomic mass is 9.73. The Balaban J connectivity index is 1.62. The Morgan fingerprint density at radius 3 is 2.53 bits per heavy atom. The Kier molecular flexibility index (Phi) is 5.59. The molecule has 1 saturated heterocycles. The van der Waals surface area contributed by atoms with Gasteiger partial charge in [0.1, 0.15) is 0 Å². The largest absolute Gasteiger partial charge is 0.416 e. The summed E-state index contributed by atoms with van der Waals surface area (Å²) in [6, 6.07) is 12.6. The molecular weight excluding hydrogens is 391 g/mol. The molecule has 0 radical (unpaired) electrons. The highest BCUT2D eigenvalue weighted by atomic mass is 19.4. The van der Waals surface area contributed by atoms with Crippen LogP contribution in [0.3, 0.4) is 0 Å². The number of alkyl halides is 3. The fourth-order valence-electron chi connectivity index (χ4n) is 4.30. The zero-order chi connectivity index (χ0) is 21.4. The molecule has 0 spiro atoms. The maximum absolute atomic E-state index is 13.4. The van der Waals surface area contributed by atoms with E-state index in [9.17, 15) is 13.2 Å². The minimum absolute atomic E-state index is 0.142. The molecule has 7 heteroatoms. The van der Waals surface area contributed by atoms with E-state index in [0.29, 0.717) is 23.1 Å². The molecule has 160 valence electrons. The minimum Gasteiger partial charge on any atom is -0.373 e. The van der Waals surface area contributed by atoms with Crippen LogP contribution in [-0.4, -0.2) is 41.8 Å². The molecule has 2 heterocycles. The van der Waals surface area contributed by atoms with Crippen LogP contribution in [0.5, 0.6) is 0 Å². The first-order chi connectivity index (χ1) is 14.3. The summed E-state index contributed by atoms with van der Waals surface area (Å²) < 4.78 is 46.4. The van der Waals surface area contributed by atoms with Gasteiger partial charge < -0.3 is 9.64 Å². The zero-order valence-corrected chi connectivity index (χ0v) is 17.2. The topological polar surface area (TPSA) is 41.1 Å². The second-order valence-electron chi connectivity index (χ2n) is 8.30.